The van der Waals surface area contributed by atoms with E-state index in [9.17, 15) is 9.59 Å². The molecule has 1 saturated carbocycles. The van der Waals surface area contributed by atoms with Gasteiger partial charge in [0.15, 0.2) is 0 Å². The first-order chi connectivity index (χ1) is 19.0. The molecule has 214 valence electrons. The Morgan fingerprint density at radius 3 is 2.30 bits per heavy atom. The molecule has 1 aliphatic rings. The average molecular weight is 548 g/mol. The van der Waals surface area contributed by atoms with Gasteiger partial charge in [0.1, 0.15) is 23.3 Å². The summed E-state index contributed by atoms with van der Waals surface area (Å²) in [5.41, 5.74) is 0.648. The van der Waals surface area contributed by atoms with Gasteiger partial charge in [-0.1, -0.05) is 18.2 Å². The lowest BCUT2D eigenvalue weighted by Crippen LogP contribution is -2.42. The number of nitrogens with one attached hydrogen (secondary N) is 3. The molecule has 1 aromatic carbocycles. The number of esters is 1. The molecule has 0 bridgehead atoms. The van der Waals surface area contributed by atoms with Crippen LogP contribution in [-0.4, -0.2) is 45.8 Å². The van der Waals surface area contributed by atoms with E-state index in [0.717, 1.165) is 48.1 Å². The van der Waals surface area contributed by atoms with E-state index >= 15 is 0 Å². The van der Waals surface area contributed by atoms with Crippen LogP contribution in [0.4, 0.5) is 16.4 Å². The summed E-state index contributed by atoms with van der Waals surface area (Å²) in [6.45, 7) is 11.5. The highest BCUT2D eigenvalue weighted by Crippen LogP contribution is 2.30. The smallest absolute Gasteiger partial charge is 0.407 e. The lowest BCUT2D eigenvalue weighted by Gasteiger charge is -2.30. The number of nitrogens with zero attached hydrogens (tertiary/aromatic N) is 2. The molecule has 4 rings (SSSR count). The zero-order valence-electron chi connectivity index (χ0n) is 24.3. The van der Waals surface area contributed by atoms with Gasteiger partial charge in [-0.3, -0.25) is 0 Å². The number of rotatable bonds is 8. The third kappa shape index (κ3) is 8.07. The fourth-order valence-corrected chi connectivity index (χ4v) is 4.77. The first-order valence-electron chi connectivity index (χ1n) is 14.1. The summed E-state index contributed by atoms with van der Waals surface area (Å²) < 4.78 is 11.1. The van der Waals surface area contributed by atoms with Crippen LogP contribution >= 0.6 is 0 Å². The molecular weight excluding hydrogens is 506 g/mol. The number of aromatic nitrogens is 2. The molecule has 0 spiro atoms. The number of anilines is 2. The fourth-order valence-electron chi connectivity index (χ4n) is 4.77. The third-order valence-electron chi connectivity index (χ3n) is 6.67. The first kappa shape index (κ1) is 29.1. The lowest BCUT2D eigenvalue weighted by molar-refractivity contribution is 0.0329. The minimum absolute atomic E-state index is 0.111. The summed E-state index contributed by atoms with van der Waals surface area (Å²) in [4.78, 5) is 34.2. The number of alkyl carbamates (subject to hydrolysis) is 1. The van der Waals surface area contributed by atoms with Gasteiger partial charge in [0.05, 0.1) is 11.3 Å². The van der Waals surface area contributed by atoms with Gasteiger partial charge >= 0.3 is 12.1 Å². The number of carbonyl (C=O) groups excluding carboxylic acids is 2. The minimum Gasteiger partial charge on any atom is -0.453 e. The Balaban J connectivity index is 1.44. The van der Waals surface area contributed by atoms with Crippen molar-refractivity contribution >= 4 is 34.5 Å². The largest absolute Gasteiger partial charge is 0.453 e. The second-order valence-electron chi connectivity index (χ2n) is 11.7. The van der Waals surface area contributed by atoms with E-state index in [-0.39, 0.29) is 30.2 Å². The molecule has 1 aliphatic carbocycles. The number of carbonyl (C=O) groups is 2. The van der Waals surface area contributed by atoms with Crippen LogP contribution in [0.15, 0.2) is 48.7 Å². The fraction of sp³-hybridized carbons (Fsp3) is 0.484. The summed E-state index contributed by atoms with van der Waals surface area (Å²) in [5.74, 6) is 1.11. The van der Waals surface area contributed by atoms with E-state index in [1.807, 2.05) is 64.2 Å². The number of hydrogen-bond acceptors (Lipinski definition) is 8. The van der Waals surface area contributed by atoms with Crippen LogP contribution in [0, 0.1) is 0 Å². The number of benzene rings is 1. The van der Waals surface area contributed by atoms with Crippen molar-refractivity contribution in [2.75, 3.05) is 10.6 Å². The SMILES string of the molecule is CC(C)Nc1nc(C(C)OC(=O)c2ccccc2)cc2cnc(NC3CCC(NC(=O)OC(C)(C)C)CC3)cc12. The molecule has 0 radical (unpaired) electrons. The van der Waals surface area contributed by atoms with Crippen LogP contribution in [0.25, 0.3) is 10.8 Å². The van der Waals surface area contributed by atoms with Crippen molar-refractivity contribution in [2.45, 2.75) is 97.1 Å². The van der Waals surface area contributed by atoms with E-state index in [1.54, 1.807) is 12.1 Å². The summed E-state index contributed by atoms with van der Waals surface area (Å²) in [5, 5.41) is 11.8. The average Bonchev–Trinajstić information content (AvgIpc) is 2.89. The molecular formula is C31H41N5O4. The van der Waals surface area contributed by atoms with Crippen molar-refractivity contribution in [1.82, 2.24) is 15.3 Å². The third-order valence-corrected chi connectivity index (χ3v) is 6.67. The van der Waals surface area contributed by atoms with Gasteiger partial charge in [-0.25, -0.2) is 19.6 Å². The number of amides is 1. The van der Waals surface area contributed by atoms with Gasteiger partial charge in [-0.2, -0.15) is 0 Å². The molecule has 2 aromatic heterocycles. The lowest BCUT2D eigenvalue weighted by atomic mass is 9.91. The van der Waals surface area contributed by atoms with Crippen LogP contribution < -0.4 is 16.0 Å². The molecule has 0 saturated heterocycles. The van der Waals surface area contributed by atoms with E-state index < -0.39 is 11.7 Å². The maximum absolute atomic E-state index is 12.6. The van der Waals surface area contributed by atoms with Crippen LogP contribution in [0.5, 0.6) is 0 Å². The summed E-state index contributed by atoms with van der Waals surface area (Å²) in [6.07, 6.45) is 4.51. The zero-order chi connectivity index (χ0) is 28.9. The van der Waals surface area contributed by atoms with E-state index in [0.29, 0.717) is 11.3 Å². The summed E-state index contributed by atoms with van der Waals surface area (Å²) >= 11 is 0. The Morgan fingerprint density at radius 2 is 1.65 bits per heavy atom. The molecule has 3 N–H and O–H groups in total. The molecule has 9 nitrogen and oxygen atoms in total. The predicted molar refractivity (Wildman–Crippen MR) is 158 cm³/mol. The van der Waals surface area contributed by atoms with Crippen LogP contribution in [0.3, 0.4) is 0 Å². The monoisotopic (exact) mass is 547 g/mol. The van der Waals surface area contributed by atoms with Crippen molar-refractivity contribution < 1.29 is 19.1 Å². The Hall–Kier alpha value is -3.88. The van der Waals surface area contributed by atoms with Gasteiger partial charge in [-0.05, 0) is 91.5 Å². The van der Waals surface area contributed by atoms with Crippen LogP contribution in [0.1, 0.15) is 89.4 Å². The van der Waals surface area contributed by atoms with Gasteiger partial charge in [0.25, 0.3) is 0 Å². The zero-order valence-corrected chi connectivity index (χ0v) is 24.3. The number of pyridine rings is 2. The number of hydrogen-bond donors (Lipinski definition) is 3. The Morgan fingerprint density at radius 1 is 0.975 bits per heavy atom. The molecule has 2 heterocycles. The van der Waals surface area contributed by atoms with Gasteiger partial charge in [-0.15, -0.1) is 0 Å². The van der Waals surface area contributed by atoms with E-state index in [4.69, 9.17) is 14.5 Å². The molecule has 9 heteroatoms. The molecule has 0 aliphatic heterocycles. The molecule has 1 amide bonds. The highest BCUT2D eigenvalue weighted by Gasteiger charge is 2.25. The second-order valence-corrected chi connectivity index (χ2v) is 11.7. The molecule has 1 atom stereocenters. The second kappa shape index (κ2) is 12.5. The summed E-state index contributed by atoms with van der Waals surface area (Å²) in [7, 11) is 0. The normalized spacial score (nSPS) is 18.2. The van der Waals surface area contributed by atoms with Crippen LogP contribution in [0.2, 0.25) is 0 Å². The standard InChI is InChI=1S/C31H41N5O4/c1-19(2)33-28-25-17-27(34-23-12-14-24(15-13-23)35-30(38)40-31(4,5)6)32-18-22(25)16-26(36-28)20(3)39-29(37)21-10-8-7-9-11-21/h7-11,16-20,23-24H,12-15H2,1-6H3,(H,32,34)(H,33,36)(H,35,38). The van der Waals surface area contributed by atoms with E-state index in [1.165, 1.54) is 0 Å². The predicted octanol–water partition coefficient (Wildman–Crippen LogP) is 6.62. The van der Waals surface area contributed by atoms with Gasteiger partial charge in [0, 0.05) is 35.1 Å². The topological polar surface area (TPSA) is 114 Å². The highest BCUT2D eigenvalue weighted by molar-refractivity contribution is 5.94. The Bertz CT molecular complexity index is 1310. The molecule has 40 heavy (non-hydrogen) atoms. The maximum atomic E-state index is 12.6. The van der Waals surface area contributed by atoms with Gasteiger partial charge < -0.3 is 25.4 Å². The van der Waals surface area contributed by atoms with Crippen molar-refractivity contribution in [3.05, 3.63) is 59.9 Å². The first-order valence-corrected chi connectivity index (χ1v) is 14.1. The summed E-state index contributed by atoms with van der Waals surface area (Å²) in [6, 6.07) is 13.4. The maximum Gasteiger partial charge on any atom is 0.407 e. The van der Waals surface area contributed by atoms with Crippen molar-refractivity contribution in [2.24, 2.45) is 0 Å². The van der Waals surface area contributed by atoms with Crippen molar-refractivity contribution in [1.29, 1.82) is 0 Å². The van der Waals surface area contributed by atoms with Crippen LogP contribution in [-0.2, 0) is 9.47 Å². The molecule has 3 aromatic rings. The molecule has 1 fully saturated rings. The Labute approximate surface area is 236 Å². The number of fused-ring (bicyclic) bond motifs is 1. The van der Waals surface area contributed by atoms with E-state index in [2.05, 4.69) is 34.8 Å². The minimum atomic E-state index is -0.535. The van der Waals surface area contributed by atoms with Gasteiger partial charge in [0.2, 0.25) is 0 Å². The number of ether oxygens (including phenoxy) is 2. The molecule has 1 unspecified atom stereocenters. The van der Waals surface area contributed by atoms with Crippen molar-refractivity contribution in [3.63, 3.8) is 0 Å². The Kier molecular flexibility index (Phi) is 9.12. The van der Waals surface area contributed by atoms with Crippen molar-refractivity contribution in [3.8, 4) is 0 Å². The highest BCUT2D eigenvalue weighted by atomic mass is 16.6. The quantitative estimate of drug-likeness (QED) is 0.270.